The third kappa shape index (κ3) is 3.50. The molecule has 0 unspecified atom stereocenters. The second kappa shape index (κ2) is 7.17. The molecule has 0 bridgehead atoms. The average molecular weight is 369 g/mol. The molecule has 0 saturated carbocycles. The van der Waals surface area contributed by atoms with Crippen molar-refractivity contribution in [3.8, 4) is 11.1 Å². The fourth-order valence-corrected chi connectivity index (χ4v) is 3.84. The fourth-order valence-electron chi connectivity index (χ4n) is 3.56. The molecule has 0 atom stereocenters. The lowest BCUT2D eigenvalue weighted by Crippen LogP contribution is -2.32. The highest BCUT2D eigenvalue weighted by atomic mass is 35.5. The van der Waals surface area contributed by atoms with E-state index in [1.54, 1.807) is 17.1 Å². The molecule has 1 saturated heterocycles. The molecule has 1 aliphatic heterocycles. The van der Waals surface area contributed by atoms with Gasteiger partial charge >= 0.3 is 0 Å². The molecule has 4 rings (SSSR count). The van der Waals surface area contributed by atoms with Gasteiger partial charge in [-0.2, -0.15) is 5.10 Å². The van der Waals surface area contributed by atoms with Crippen molar-refractivity contribution < 1.29 is 4.79 Å². The van der Waals surface area contributed by atoms with Gasteiger partial charge in [0.25, 0.3) is 0 Å². The highest BCUT2D eigenvalue weighted by Gasteiger charge is 2.21. The van der Waals surface area contributed by atoms with E-state index in [-0.39, 0.29) is 5.92 Å². The summed E-state index contributed by atoms with van der Waals surface area (Å²) in [5.74, 6) is 0.449. The monoisotopic (exact) mass is 368 g/mol. The quantitative estimate of drug-likeness (QED) is 0.766. The molecule has 5 nitrogen and oxygen atoms in total. The van der Waals surface area contributed by atoms with Crippen molar-refractivity contribution in [3.63, 3.8) is 0 Å². The highest BCUT2D eigenvalue weighted by Crippen LogP contribution is 2.32. The Morgan fingerprint density at radius 2 is 2.04 bits per heavy atom. The van der Waals surface area contributed by atoms with E-state index in [4.69, 9.17) is 11.6 Å². The lowest BCUT2D eigenvalue weighted by Gasteiger charge is -2.21. The van der Waals surface area contributed by atoms with Crippen LogP contribution in [0.1, 0.15) is 18.5 Å². The Kier molecular flexibility index (Phi) is 4.74. The number of nitrogens with one attached hydrogen (secondary N) is 1. The molecule has 2 aromatic heterocycles. The van der Waals surface area contributed by atoms with E-state index in [1.165, 1.54) is 0 Å². The molecule has 0 amide bonds. The summed E-state index contributed by atoms with van der Waals surface area (Å²) in [6, 6.07) is 5.98. The molecule has 26 heavy (non-hydrogen) atoms. The summed E-state index contributed by atoms with van der Waals surface area (Å²) in [5, 5.41) is 10.2. The molecule has 134 valence electrons. The third-order valence-electron chi connectivity index (χ3n) is 5.03. The minimum Gasteiger partial charge on any atom is -0.317 e. The number of nitrogens with zero attached hydrogens (tertiary/aromatic N) is 3. The second-order valence-electron chi connectivity index (χ2n) is 6.92. The molecule has 3 heterocycles. The summed E-state index contributed by atoms with van der Waals surface area (Å²) >= 11 is 6.45. The molecule has 0 radical (unpaired) electrons. The number of Topliss-reactive ketones (excluding diaryl/α,β-unsaturated/α-hetero) is 1. The number of fused-ring (bicyclic) bond motifs is 1. The van der Waals surface area contributed by atoms with Crippen LogP contribution in [0.2, 0.25) is 5.02 Å². The first-order valence-corrected chi connectivity index (χ1v) is 9.28. The van der Waals surface area contributed by atoms with Gasteiger partial charge in [0.05, 0.1) is 6.20 Å². The van der Waals surface area contributed by atoms with Gasteiger partial charge in [-0.15, -0.1) is 0 Å². The number of pyridine rings is 1. The van der Waals surface area contributed by atoms with Crippen molar-refractivity contribution in [3.05, 3.63) is 47.5 Å². The Morgan fingerprint density at radius 1 is 1.23 bits per heavy atom. The number of hydrogen-bond acceptors (Lipinski definition) is 4. The number of rotatable bonds is 4. The number of aryl methyl sites for hydroxylation is 1. The van der Waals surface area contributed by atoms with Crippen molar-refractivity contribution in [1.29, 1.82) is 0 Å². The zero-order valence-electron chi connectivity index (χ0n) is 14.7. The number of benzene rings is 1. The molecule has 1 fully saturated rings. The van der Waals surface area contributed by atoms with Gasteiger partial charge in [0.2, 0.25) is 0 Å². The summed E-state index contributed by atoms with van der Waals surface area (Å²) in [7, 11) is 1.88. The molecule has 1 N–H and O–H groups in total. The maximum atomic E-state index is 12.5. The van der Waals surface area contributed by atoms with Crippen LogP contribution in [0, 0.1) is 5.92 Å². The Morgan fingerprint density at radius 3 is 2.77 bits per heavy atom. The SMILES string of the molecule is Cn1cc(-c2cc3cc(CC(=O)C4CCNCC4)ncc3cc2Cl)cn1. The van der Waals surface area contributed by atoms with Crippen LogP contribution in [-0.4, -0.2) is 33.6 Å². The number of carbonyl (C=O) groups is 1. The van der Waals surface area contributed by atoms with Crippen LogP contribution in [0.4, 0.5) is 0 Å². The minimum atomic E-state index is 0.157. The van der Waals surface area contributed by atoms with Crippen molar-refractivity contribution in [2.75, 3.05) is 13.1 Å². The van der Waals surface area contributed by atoms with Gasteiger partial charge in [-0.25, -0.2) is 0 Å². The topological polar surface area (TPSA) is 59.8 Å². The number of halogens is 1. The van der Waals surface area contributed by atoms with E-state index < -0.39 is 0 Å². The predicted octanol–water partition coefficient (Wildman–Crippen LogP) is 3.40. The van der Waals surface area contributed by atoms with Crippen molar-refractivity contribution in [1.82, 2.24) is 20.1 Å². The molecule has 3 aromatic rings. The van der Waals surface area contributed by atoms with Gasteiger partial charge in [-0.3, -0.25) is 14.5 Å². The Bertz CT molecular complexity index is 960. The van der Waals surface area contributed by atoms with Crippen molar-refractivity contribution in [2.45, 2.75) is 19.3 Å². The third-order valence-corrected chi connectivity index (χ3v) is 5.34. The summed E-state index contributed by atoms with van der Waals surface area (Å²) in [6.45, 7) is 1.85. The molecule has 0 aliphatic carbocycles. The maximum absolute atomic E-state index is 12.5. The lowest BCUT2D eigenvalue weighted by atomic mass is 9.91. The van der Waals surface area contributed by atoms with Crippen LogP contribution in [0.3, 0.4) is 0 Å². The number of aromatic nitrogens is 3. The highest BCUT2D eigenvalue weighted by molar-refractivity contribution is 6.34. The van der Waals surface area contributed by atoms with Crippen LogP contribution in [0.15, 0.2) is 36.8 Å². The van der Waals surface area contributed by atoms with Gasteiger partial charge in [-0.1, -0.05) is 11.6 Å². The van der Waals surface area contributed by atoms with E-state index in [0.717, 1.165) is 53.5 Å². The largest absolute Gasteiger partial charge is 0.317 e. The van der Waals surface area contributed by atoms with Crippen molar-refractivity contribution >= 4 is 28.2 Å². The van der Waals surface area contributed by atoms with Crippen LogP contribution in [-0.2, 0) is 18.3 Å². The number of piperidine rings is 1. The number of ketones is 1. The molecule has 6 heteroatoms. The molecule has 1 aromatic carbocycles. The zero-order chi connectivity index (χ0) is 18.1. The normalized spacial score (nSPS) is 15.5. The average Bonchev–Trinajstić information content (AvgIpc) is 3.08. The molecule has 0 spiro atoms. The first kappa shape index (κ1) is 17.2. The van der Waals surface area contributed by atoms with Gasteiger partial charge < -0.3 is 5.32 Å². The first-order valence-electron chi connectivity index (χ1n) is 8.91. The summed E-state index contributed by atoms with van der Waals surface area (Å²) < 4.78 is 1.76. The predicted molar refractivity (Wildman–Crippen MR) is 103 cm³/mol. The Labute approximate surface area is 157 Å². The molecular formula is C20H21ClN4O. The van der Waals surface area contributed by atoms with E-state index in [9.17, 15) is 4.79 Å². The van der Waals surface area contributed by atoms with E-state index in [2.05, 4.69) is 21.5 Å². The minimum absolute atomic E-state index is 0.157. The van der Waals surface area contributed by atoms with Gasteiger partial charge in [0.1, 0.15) is 5.78 Å². The molecular weight excluding hydrogens is 348 g/mol. The smallest absolute Gasteiger partial charge is 0.142 e. The van der Waals surface area contributed by atoms with Crippen LogP contribution >= 0.6 is 11.6 Å². The van der Waals surface area contributed by atoms with Gasteiger partial charge in [0.15, 0.2) is 0 Å². The van der Waals surface area contributed by atoms with Crippen LogP contribution < -0.4 is 5.32 Å². The first-order chi connectivity index (χ1) is 12.6. The summed E-state index contributed by atoms with van der Waals surface area (Å²) in [5.41, 5.74) is 2.73. The number of carbonyl (C=O) groups excluding carboxylic acids is 1. The maximum Gasteiger partial charge on any atom is 0.142 e. The van der Waals surface area contributed by atoms with E-state index in [0.29, 0.717) is 17.2 Å². The standard InChI is InChI=1S/C20H21ClN4O/c1-25-12-16(11-24-25)18-7-14-6-17(23-10-15(14)8-19(18)21)9-20(26)13-2-4-22-5-3-13/h6-8,10-13,22H,2-5,9H2,1H3. The zero-order valence-corrected chi connectivity index (χ0v) is 15.5. The van der Waals surface area contributed by atoms with E-state index >= 15 is 0 Å². The summed E-state index contributed by atoms with van der Waals surface area (Å²) in [4.78, 5) is 17.0. The number of hydrogen-bond donors (Lipinski definition) is 1. The fraction of sp³-hybridized carbons (Fsp3) is 0.350. The second-order valence-corrected chi connectivity index (χ2v) is 7.33. The summed E-state index contributed by atoms with van der Waals surface area (Å²) in [6.07, 6.45) is 7.79. The lowest BCUT2D eigenvalue weighted by molar-refractivity contribution is -0.123. The Hall–Kier alpha value is -2.24. The van der Waals surface area contributed by atoms with Gasteiger partial charge in [0, 0.05) is 59.0 Å². The van der Waals surface area contributed by atoms with Crippen molar-refractivity contribution in [2.24, 2.45) is 13.0 Å². The molecule has 1 aliphatic rings. The van der Waals surface area contributed by atoms with E-state index in [1.807, 2.05) is 25.4 Å². The Balaban J connectivity index is 1.63. The van der Waals surface area contributed by atoms with Crippen LogP contribution in [0.5, 0.6) is 0 Å². The van der Waals surface area contributed by atoms with Gasteiger partial charge in [-0.05, 0) is 49.5 Å². The van der Waals surface area contributed by atoms with Crippen LogP contribution in [0.25, 0.3) is 21.9 Å².